The second-order valence-electron chi connectivity index (χ2n) is 7.17. The lowest BCUT2D eigenvalue weighted by atomic mass is 10.1. The number of halogens is 1. The van der Waals surface area contributed by atoms with Crippen LogP contribution >= 0.6 is 23.4 Å². The van der Waals surface area contributed by atoms with E-state index in [0.29, 0.717) is 26.8 Å². The van der Waals surface area contributed by atoms with E-state index < -0.39 is 0 Å². The molecule has 0 fully saturated rings. The van der Waals surface area contributed by atoms with Crippen molar-refractivity contribution in [3.63, 3.8) is 0 Å². The van der Waals surface area contributed by atoms with Gasteiger partial charge in [0.25, 0.3) is 11.8 Å². The Bertz CT molecular complexity index is 1150. The molecule has 1 aliphatic heterocycles. The van der Waals surface area contributed by atoms with Gasteiger partial charge in [-0.1, -0.05) is 65.3 Å². The van der Waals surface area contributed by atoms with E-state index in [9.17, 15) is 9.59 Å². The number of ether oxygens (including phenoxy) is 1. The molecule has 0 saturated carbocycles. The van der Waals surface area contributed by atoms with E-state index >= 15 is 0 Å². The van der Waals surface area contributed by atoms with Gasteiger partial charge in [-0.2, -0.15) is 0 Å². The van der Waals surface area contributed by atoms with Crippen molar-refractivity contribution in [1.82, 2.24) is 4.90 Å². The van der Waals surface area contributed by atoms with E-state index in [0.717, 1.165) is 16.0 Å². The average Bonchev–Trinajstić information content (AvgIpc) is 3.01. The number of amides is 2. The van der Waals surface area contributed by atoms with Gasteiger partial charge in [-0.25, -0.2) is 0 Å². The predicted molar refractivity (Wildman–Crippen MR) is 124 cm³/mol. The van der Waals surface area contributed by atoms with Crippen molar-refractivity contribution < 1.29 is 14.3 Å². The number of carbonyl (C=O) groups is 2. The molecule has 0 aromatic heterocycles. The number of carbonyl (C=O) groups excluding carboxylic acids is 2. The Morgan fingerprint density at radius 2 is 1.52 bits per heavy atom. The maximum atomic E-state index is 13.4. The highest BCUT2D eigenvalue weighted by Gasteiger charge is 2.39. The van der Waals surface area contributed by atoms with Crippen LogP contribution < -0.4 is 4.74 Å². The quantitative estimate of drug-likeness (QED) is 0.451. The van der Waals surface area contributed by atoms with Gasteiger partial charge in [0.05, 0.1) is 24.1 Å². The van der Waals surface area contributed by atoms with Crippen molar-refractivity contribution in [3.8, 4) is 5.75 Å². The van der Waals surface area contributed by atoms with Gasteiger partial charge in [-0.05, 0) is 54.4 Å². The number of benzene rings is 3. The first-order valence-electron chi connectivity index (χ1n) is 9.70. The van der Waals surface area contributed by atoms with Gasteiger partial charge in [0.1, 0.15) is 5.75 Å². The topological polar surface area (TPSA) is 46.6 Å². The zero-order valence-electron chi connectivity index (χ0n) is 17.1. The molecule has 31 heavy (non-hydrogen) atoms. The molecule has 0 atom stereocenters. The largest absolute Gasteiger partial charge is 0.497 e. The molecule has 2 amide bonds. The summed E-state index contributed by atoms with van der Waals surface area (Å²) in [4.78, 5) is 29.3. The minimum atomic E-state index is -0.299. The van der Waals surface area contributed by atoms with E-state index in [1.807, 2.05) is 43.3 Å². The van der Waals surface area contributed by atoms with Crippen LogP contribution in [-0.2, 0) is 16.1 Å². The summed E-state index contributed by atoms with van der Waals surface area (Å²) in [5, 5.41) is 0.614. The van der Waals surface area contributed by atoms with Crippen LogP contribution in [0.2, 0.25) is 5.02 Å². The molecule has 1 aliphatic rings. The summed E-state index contributed by atoms with van der Waals surface area (Å²) >= 11 is 7.27. The fourth-order valence-corrected chi connectivity index (χ4v) is 4.44. The summed E-state index contributed by atoms with van der Waals surface area (Å²) in [6, 6.07) is 22.2. The monoisotopic (exact) mass is 449 g/mol. The molecular weight excluding hydrogens is 430 g/mol. The molecule has 156 valence electrons. The summed E-state index contributed by atoms with van der Waals surface area (Å²) in [6.45, 7) is 2.22. The molecule has 0 N–H and O–H groups in total. The molecule has 4 rings (SSSR count). The number of thioether (sulfide) groups is 1. The van der Waals surface area contributed by atoms with E-state index in [2.05, 4.69) is 0 Å². The van der Waals surface area contributed by atoms with E-state index in [-0.39, 0.29) is 18.4 Å². The van der Waals surface area contributed by atoms with Gasteiger partial charge < -0.3 is 4.74 Å². The summed E-state index contributed by atoms with van der Waals surface area (Å²) < 4.78 is 5.23. The Labute approximate surface area is 190 Å². The van der Waals surface area contributed by atoms with Crippen LogP contribution in [0.1, 0.15) is 16.7 Å². The molecular formula is C25H20ClNO3S. The molecule has 0 aliphatic carbocycles. The van der Waals surface area contributed by atoms with Crippen LogP contribution in [0.3, 0.4) is 0 Å². The van der Waals surface area contributed by atoms with E-state index in [4.69, 9.17) is 16.3 Å². The number of methoxy groups -OCH3 is 1. The van der Waals surface area contributed by atoms with Crippen molar-refractivity contribution in [1.29, 1.82) is 0 Å². The van der Waals surface area contributed by atoms with E-state index in [1.54, 1.807) is 43.5 Å². The van der Waals surface area contributed by atoms with Crippen molar-refractivity contribution in [2.45, 2.75) is 18.4 Å². The Balaban J connectivity index is 1.72. The lowest BCUT2D eigenvalue weighted by Gasteiger charge is -2.15. The highest BCUT2D eigenvalue weighted by Crippen LogP contribution is 2.40. The number of nitrogens with zero attached hydrogens (tertiary/aromatic N) is 1. The van der Waals surface area contributed by atoms with Crippen LogP contribution in [0.15, 0.2) is 82.6 Å². The van der Waals surface area contributed by atoms with Crippen molar-refractivity contribution >= 4 is 40.8 Å². The third kappa shape index (κ3) is 4.53. The van der Waals surface area contributed by atoms with Gasteiger partial charge in [0.2, 0.25) is 0 Å². The highest BCUT2D eigenvalue weighted by molar-refractivity contribution is 8.04. The van der Waals surface area contributed by atoms with E-state index in [1.165, 1.54) is 16.7 Å². The summed E-state index contributed by atoms with van der Waals surface area (Å²) in [5.41, 5.74) is 3.11. The first-order chi connectivity index (χ1) is 15.0. The van der Waals surface area contributed by atoms with Crippen molar-refractivity contribution in [2.24, 2.45) is 0 Å². The maximum Gasteiger partial charge on any atom is 0.268 e. The fraction of sp³-hybridized carbons (Fsp3) is 0.120. The Hall–Kier alpha value is -3.02. The summed E-state index contributed by atoms with van der Waals surface area (Å²) in [5.74, 6) is 0.0908. The number of hydrogen-bond donors (Lipinski definition) is 0. The molecule has 1 heterocycles. The van der Waals surface area contributed by atoms with Gasteiger partial charge >= 0.3 is 0 Å². The lowest BCUT2D eigenvalue weighted by Crippen LogP contribution is -2.30. The molecule has 4 nitrogen and oxygen atoms in total. The first kappa shape index (κ1) is 21.2. The van der Waals surface area contributed by atoms with Crippen LogP contribution in [0.4, 0.5) is 0 Å². The van der Waals surface area contributed by atoms with Crippen LogP contribution in [0.5, 0.6) is 5.75 Å². The minimum absolute atomic E-state index is 0.224. The maximum absolute atomic E-state index is 13.4. The number of rotatable bonds is 6. The lowest BCUT2D eigenvalue weighted by molar-refractivity contribution is -0.137. The van der Waals surface area contributed by atoms with Crippen LogP contribution in [0.25, 0.3) is 5.57 Å². The predicted octanol–water partition coefficient (Wildman–Crippen LogP) is 5.73. The zero-order valence-corrected chi connectivity index (χ0v) is 18.7. The summed E-state index contributed by atoms with van der Waals surface area (Å²) in [7, 11) is 1.59. The number of hydrogen-bond acceptors (Lipinski definition) is 4. The summed E-state index contributed by atoms with van der Waals surface area (Å²) in [6.07, 6.45) is 0. The van der Waals surface area contributed by atoms with Gasteiger partial charge in [-0.3, -0.25) is 14.5 Å². The molecule has 0 radical (unpaired) electrons. The van der Waals surface area contributed by atoms with Gasteiger partial charge in [0.15, 0.2) is 0 Å². The third-order valence-electron chi connectivity index (χ3n) is 5.00. The average molecular weight is 450 g/mol. The Morgan fingerprint density at radius 1 is 0.871 bits per heavy atom. The second-order valence-corrected chi connectivity index (χ2v) is 8.69. The normalized spacial score (nSPS) is 13.8. The smallest absolute Gasteiger partial charge is 0.268 e. The van der Waals surface area contributed by atoms with Crippen LogP contribution in [0, 0.1) is 6.92 Å². The Kier molecular flexibility index (Phi) is 6.16. The second kappa shape index (κ2) is 9.00. The van der Waals surface area contributed by atoms with Crippen molar-refractivity contribution in [3.05, 3.63) is 99.4 Å². The first-order valence-corrected chi connectivity index (χ1v) is 10.9. The minimum Gasteiger partial charge on any atom is -0.497 e. The zero-order chi connectivity index (χ0) is 22.0. The fourth-order valence-electron chi connectivity index (χ4n) is 3.30. The third-order valence-corrected chi connectivity index (χ3v) is 6.34. The molecule has 6 heteroatoms. The molecule has 0 unspecified atom stereocenters. The molecule has 3 aromatic rings. The molecule has 0 bridgehead atoms. The standard InChI is InChI=1S/C25H20ClNO3S/c1-16-3-5-17(6-4-16)15-27-24(28)22(18-7-11-20(30-2)12-8-18)23(25(27)29)31-21-13-9-19(26)10-14-21/h3-14H,15H2,1-2H3. The number of aryl methyl sites for hydroxylation is 1. The van der Waals surface area contributed by atoms with Gasteiger partial charge in [0, 0.05) is 9.92 Å². The highest BCUT2D eigenvalue weighted by atomic mass is 35.5. The molecule has 3 aromatic carbocycles. The SMILES string of the molecule is COc1ccc(C2=C(Sc3ccc(Cl)cc3)C(=O)N(Cc3ccc(C)cc3)C2=O)cc1. The molecule has 0 spiro atoms. The number of imide groups is 1. The van der Waals surface area contributed by atoms with Gasteiger partial charge in [-0.15, -0.1) is 0 Å². The van der Waals surface area contributed by atoms with Crippen molar-refractivity contribution in [2.75, 3.05) is 7.11 Å². The molecule has 0 saturated heterocycles. The Morgan fingerprint density at radius 3 is 2.13 bits per heavy atom. The van der Waals surface area contributed by atoms with Crippen LogP contribution in [-0.4, -0.2) is 23.8 Å².